The van der Waals surface area contributed by atoms with Crippen LogP contribution in [0.2, 0.25) is 0 Å². The third-order valence-corrected chi connectivity index (χ3v) is 6.51. The van der Waals surface area contributed by atoms with Crippen LogP contribution in [0.4, 0.5) is 0 Å². The molecule has 5 nitrogen and oxygen atoms in total. The number of nitrogens with one attached hydrogen (secondary N) is 1. The average molecular weight is 380 g/mol. The van der Waals surface area contributed by atoms with E-state index in [4.69, 9.17) is 4.74 Å². The smallest absolute Gasteiger partial charge is 0.348 e. The molecule has 138 valence electrons. The molecule has 0 bridgehead atoms. The fourth-order valence-electron chi connectivity index (χ4n) is 3.92. The highest BCUT2D eigenvalue weighted by Crippen LogP contribution is 2.39. The predicted molar refractivity (Wildman–Crippen MR) is 102 cm³/mol. The highest BCUT2D eigenvalue weighted by molar-refractivity contribution is 7.17. The van der Waals surface area contributed by atoms with Crippen LogP contribution in [0.25, 0.3) is 10.4 Å². The summed E-state index contributed by atoms with van der Waals surface area (Å²) in [5.41, 5.74) is 2.83. The van der Waals surface area contributed by atoms with E-state index in [9.17, 15) is 14.9 Å². The highest BCUT2D eigenvalue weighted by atomic mass is 32.1. The van der Waals surface area contributed by atoms with E-state index < -0.39 is 17.4 Å². The summed E-state index contributed by atoms with van der Waals surface area (Å²) in [4.78, 5) is 26.2. The topological polar surface area (TPSA) is 79.2 Å². The van der Waals surface area contributed by atoms with Gasteiger partial charge in [0.25, 0.3) is 5.91 Å². The standard InChI is InChI=1S/C21H20N2O3S/c22-13-21(9-3-4-10-21)23-18(24)12-26-20(25)17-11-15-8-7-14-5-1-2-6-16(14)19(15)27-17/h1-2,5-6,11H,3-4,7-10,12H2,(H,23,24). The van der Waals surface area contributed by atoms with Crippen LogP contribution in [0, 0.1) is 11.3 Å². The van der Waals surface area contributed by atoms with Gasteiger partial charge in [-0.2, -0.15) is 5.26 Å². The van der Waals surface area contributed by atoms with Crippen molar-refractivity contribution in [2.75, 3.05) is 6.61 Å². The lowest BCUT2D eigenvalue weighted by Gasteiger charge is -2.21. The minimum atomic E-state index is -0.796. The lowest BCUT2D eigenvalue weighted by atomic mass is 9.91. The van der Waals surface area contributed by atoms with E-state index in [0.29, 0.717) is 17.7 Å². The fourth-order valence-corrected chi connectivity index (χ4v) is 5.09. The van der Waals surface area contributed by atoms with Crippen molar-refractivity contribution in [3.05, 3.63) is 46.3 Å². The van der Waals surface area contributed by atoms with Crippen molar-refractivity contribution >= 4 is 23.2 Å². The quantitative estimate of drug-likeness (QED) is 0.822. The predicted octanol–water partition coefficient (Wildman–Crippen LogP) is 3.62. The number of ether oxygens (including phenoxy) is 1. The molecule has 2 aliphatic carbocycles. The van der Waals surface area contributed by atoms with Gasteiger partial charge in [0.15, 0.2) is 6.61 Å². The number of aryl methyl sites for hydroxylation is 2. The largest absolute Gasteiger partial charge is 0.451 e. The van der Waals surface area contributed by atoms with Crippen LogP contribution in [0.1, 0.15) is 46.5 Å². The van der Waals surface area contributed by atoms with E-state index in [0.717, 1.165) is 36.1 Å². The Balaban J connectivity index is 1.41. The van der Waals surface area contributed by atoms with Crippen LogP contribution in [-0.4, -0.2) is 24.0 Å². The Bertz CT molecular complexity index is 935. The molecule has 1 aromatic carbocycles. The molecule has 0 spiro atoms. The van der Waals surface area contributed by atoms with Gasteiger partial charge < -0.3 is 10.1 Å². The fraction of sp³-hybridized carbons (Fsp3) is 0.381. The van der Waals surface area contributed by atoms with Crippen molar-refractivity contribution < 1.29 is 14.3 Å². The first-order chi connectivity index (χ1) is 13.1. The summed E-state index contributed by atoms with van der Waals surface area (Å²) in [6.45, 7) is -0.360. The molecule has 0 aliphatic heterocycles. The van der Waals surface area contributed by atoms with Crippen molar-refractivity contribution in [3.63, 3.8) is 0 Å². The second kappa shape index (κ2) is 7.16. The van der Waals surface area contributed by atoms with E-state index in [1.807, 2.05) is 18.2 Å². The third-order valence-electron chi connectivity index (χ3n) is 5.32. The minimum absolute atomic E-state index is 0.360. The Hall–Kier alpha value is -2.65. The molecule has 0 atom stereocenters. The van der Waals surface area contributed by atoms with Crippen LogP contribution in [-0.2, 0) is 22.4 Å². The van der Waals surface area contributed by atoms with Gasteiger partial charge in [-0.3, -0.25) is 4.79 Å². The number of hydrogen-bond acceptors (Lipinski definition) is 5. The second-order valence-electron chi connectivity index (χ2n) is 7.15. The molecule has 4 rings (SSSR count). The molecule has 1 saturated carbocycles. The first-order valence-corrected chi connectivity index (χ1v) is 10.0. The Morgan fingerprint density at radius 3 is 2.70 bits per heavy atom. The summed E-state index contributed by atoms with van der Waals surface area (Å²) in [6, 6.07) is 12.3. The van der Waals surface area contributed by atoms with Gasteiger partial charge in [-0.25, -0.2) is 4.79 Å². The first-order valence-electron chi connectivity index (χ1n) is 9.21. The molecule has 1 aromatic heterocycles. The summed E-state index contributed by atoms with van der Waals surface area (Å²) in [5.74, 6) is -0.905. The van der Waals surface area contributed by atoms with Crippen molar-refractivity contribution in [3.8, 4) is 16.5 Å². The molecular weight excluding hydrogens is 360 g/mol. The number of hydrogen-bond donors (Lipinski definition) is 1. The summed E-state index contributed by atoms with van der Waals surface area (Å²) in [7, 11) is 0. The number of benzene rings is 1. The monoisotopic (exact) mass is 380 g/mol. The number of amides is 1. The molecule has 0 saturated heterocycles. The molecule has 0 unspecified atom stereocenters. The molecule has 1 N–H and O–H groups in total. The van der Waals surface area contributed by atoms with Gasteiger partial charge in [-0.15, -0.1) is 11.3 Å². The van der Waals surface area contributed by atoms with Gasteiger partial charge in [0, 0.05) is 4.88 Å². The van der Waals surface area contributed by atoms with Crippen LogP contribution in [0.15, 0.2) is 30.3 Å². The van der Waals surface area contributed by atoms with Crippen molar-refractivity contribution in [1.29, 1.82) is 5.26 Å². The normalized spacial score (nSPS) is 16.7. The maximum atomic E-state index is 12.4. The number of fused-ring (bicyclic) bond motifs is 3. The molecule has 27 heavy (non-hydrogen) atoms. The Kier molecular flexibility index (Phi) is 4.71. The SMILES string of the molecule is N#CC1(NC(=O)COC(=O)c2cc3c(s2)-c2ccccc2CC3)CCCC1. The highest BCUT2D eigenvalue weighted by Gasteiger charge is 2.35. The third kappa shape index (κ3) is 3.47. The molecule has 2 aliphatic rings. The summed E-state index contributed by atoms with van der Waals surface area (Å²) < 4.78 is 5.21. The van der Waals surface area contributed by atoms with Crippen molar-refractivity contribution in [2.45, 2.75) is 44.1 Å². The van der Waals surface area contributed by atoms with Gasteiger partial charge >= 0.3 is 5.97 Å². The lowest BCUT2D eigenvalue weighted by Crippen LogP contribution is -2.46. The van der Waals surface area contributed by atoms with Gasteiger partial charge in [-0.1, -0.05) is 24.3 Å². The van der Waals surface area contributed by atoms with Gasteiger partial charge in [0.05, 0.1) is 6.07 Å². The zero-order valence-corrected chi connectivity index (χ0v) is 15.7. The number of thiophene rings is 1. The molecule has 1 heterocycles. The van der Waals surface area contributed by atoms with Crippen LogP contribution >= 0.6 is 11.3 Å². The Morgan fingerprint density at radius 2 is 1.93 bits per heavy atom. The van der Waals surface area contributed by atoms with E-state index in [1.54, 1.807) is 0 Å². The number of rotatable bonds is 4. The Labute approximate surface area is 162 Å². The van der Waals surface area contributed by atoms with E-state index in [1.165, 1.54) is 22.5 Å². The number of esters is 1. The summed E-state index contributed by atoms with van der Waals surface area (Å²) in [6.07, 6.45) is 5.03. The van der Waals surface area contributed by atoms with Crippen LogP contribution in [0.5, 0.6) is 0 Å². The molecule has 1 fully saturated rings. The number of nitrogens with zero attached hydrogens (tertiary/aromatic N) is 1. The van der Waals surface area contributed by atoms with E-state index in [2.05, 4.69) is 23.5 Å². The number of carbonyl (C=O) groups is 2. The number of nitriles is 1. The van der Waals surface area contributed by atoms with Crippen LogP contribution in [0.3, 0.4) is 0 Å². The molecule has 1 amide bonds. The van der Waals surface area contributed by atoms with E-state index >= 15 is 0 Å². The maximum Gasteiger partial charge on any atom is 0.348 e. The van der Waals surface area contributed by atoms with E-state index in [-0.39, 0.29) is 6.61 Å². The second-order valence-corrected chi connectivity index (χ2v) is 8.20. The summed E-state index contributed by atoms with van der Waals surface area (Å²) >= 11 is 1.42. The van der Waals surface area contributed by atoms with Crippen molar-refractivity contribution in [2.24, 2.45) is 0 Å². The zero-order chi connectivity index (χ0) is 18.9. The summed E-state index contributed by atoms with van der Waals surface area (Å²) in [5, 5.41) is 12.1. The molecule has 2 aromatic rings. The van der Waals surface area contributed by atoms with Crippen molar-refractivity contribution in [1.82, 2.24) is 5.32 Å². The zero-order valence-electron chi connectivity index (χ0n) is 14.9. The molecule has 0 radical (unpaired) electrons. The Morgan fingerprint density at radius 1 is 1.19 bits per heavy atom. The lowest BCUT2D eigenvalue weighted by molar-refractivity contribution is -0.125. The molecular formula is C21H20N2O3S. The number of carbonyl (C=O) groups excluding carboxylic acids is 2. The van der Waals surface area contributed by atoms with Gasteiger partial charge in [0.1, 0.15) is 10.4 Å². The molecule has 6 heteroatoms. The average Bonchev–Trinajstić information content (AvgIpc) is 3.33. The minimum Gasteiger partial charge on any atom is -0.451 e. The van der Waals surface area contributed by atoms with Gasteiger partial charge in [0.2, 0.25) is 0 Å². The van der Waals surface area contributed by atoms with Gasteiger partial charge in [-0.05, 0) is 61.3 Å². The first kappa shape index (κ1) is 17.7. The van der Waals surface area contributed by atoms with Crippen LogP contribution < -0.4 is 5.32 Å². The maximum absolute atomic E-state index is 12.4.